The molecule has 1 aromatic carbocycles. The van der Waals surface area contributed by atoms with E-state index < -0.39 is 29.0 Å². The molecular weight excluding hydrogens is 617 g/mol. The van der Waals surface area contributed by atoms with Gasteiger partial charge in [0.1, 0.15) is 12.2 Å². The van der Waals surface area contributed by atoms with Gasteiger partial charge in [-0.1, -0.05) is 18.2 Å². The summed E-state index contributed by atoms with van der Waals surface area (Å²) in [6.07, 6.45) is 1.48. The standard InChI is InChI=1S/C33H37F3N6O3S/c1-21-6-7-24(17-25-8-13-42-28(23(25)3)38-39-31(42)33(34,35)36)18-26(21)19-41-20-32(9-10-32)45-30-27(46(41)43)16-22(2)29(37-30)44-15-14-40-11-4-5-12-40/h6-8,13,16,18H,4-5,9-12,14-15,17,19-20H2,1-3H3. The van der Waals surface area contributed by atoms with Gasteiger partial charge < -0.3 is 14.0 Å². The highest BCUT2D eigenvalue weighted by Crippen LogP contribution is 2.47. The molecule has 2 aliphatic heterocycles. The van der Waals surface area contributed by atoms with Crippen molar-refractivity contribution >= 4 is 17.0 Å². The number of fused-ring (bicyclic) bond motifs is 2. The summed E-state index contributed by atoms with van der Waals surface area (Å²) < 4.78 is 69.7. The minimum Gasteiger partial charge on any atom is -0.593 e. The number of nitrogens with zero attached hydrogens (tertiary/aromatic N) is 6. The van der Waals surface area contributed by atoms with Crippen molar-refractivity contribution in [1.29, 1.82) is 0 Å². The number of benzene rings is 1. The van der Waals surface area contributed by atoms with Crippen molar-refractivity contribution in [2.24, 2.45) is 0 Å². The number of aryl methyl sites for hydroxylation is 3. The highest BCUT2D eigenvalue weighted by atomic mass is 32.2. The number of likely N-dealkylation sites (tertiary alicyclic amines) is 1. The fourth-order valence-corrected chi connectivity index (χ4v) is 7.77. The van der Waals surface area contributed by atoms with Gasteiger partial charge in [0, 0.05) is 24.4 Å². The Kier molecular flexibility index (Phi) is 8.15. The molecule has 1 spiro atoms. The summed E-state index contributed by atoms with van der Waals surface area (Å²) >= 11 is -1.51. The van der Waals surface area contributed by atoms with E-state index in [1.807, 2.05) is 36.4 Å². The molecule has 0 radical (unpaired) electrons. The van der Waals surface area contributed by atoms with Crippen molar-refractivity contribution in [2.45, 2.75) is 76.1 Å². The van der Waals surface area contributed by atoms with Crippen molar-refractivity contribution < 1.29 is 27.2 Å². The Morgan fingerprint density at radius 3 is 2.54 bits per heavy atom. The lowest BCUT2D eigenvalue weighted by atomic mass is 9.98. The lowest BCUT2D eigenvalue weighted by molar-refractivity contribution is -0.145. The van der Waals surface area contributed by atoms with Crippen LogP contribution in [-0.4, -0.2) is 71.7 Å². The molecule has 9 nitrogen and oxygen atoms in total. The number of hydrogen-bond donors (Lipinski definition) is 0. The minimum atomic E-state index is -4.59. The lowest BCUT2D eigenvalue weighted by Gasteiger charge is -2.24. The van der Waals surface area contributed by atoms with E-state index in [0.29, 0.717) is 48.3 Å². The Balaban J connectivity index is 1.11. The van der Waals surface area contributed by atoms with Crippen LogP contribution in [0.15, 0.2) is 41.4 Å². The summed E-state index contributed by atoms with van der Waals surface area (Å²) in [5.74, 6) is -0.124. The molecule has 1 saturated heterocycles. The number of alkyl halides is 3. The molecule has 5 heterocycles. The average molecular weight is 655 g/mol. The largest absolute Gasteiger partial charge is 0.593 e. The lowest BCUT2D eigenvalue weighted by Crippen LogP contribution is -2.38. The van der Waals surface area contributed by atoms with Crippen LogP contribution in [0.4, 0.5) is 13.2 Å². The Bertz CT molecular complexity index is 1770. The summed E-state index contributed by atoms with van der Waals surface area (Å²) in [5, 5.41) is 7.20. The third-order valence-electron chi connectivity index (χ3n) is 9.30. The number of halogens is 3. The summed E-state index contributed by atoms with van der Waals surface area (Å²) in [7, 11) is 0. The molecule has 1 atom stereocenters. The maximum atomic E-state index is 14.1. The number of rotatable bonds is 8. The molecule has 0 amide bonds. The van der Waals surface area contributed by atoms with Gasteiger partial charge in [-0.05, 0) is 99.8 Å². The number of aromatic nitrogens is 4. The van der Waals surface area contributed by atoms with E-state index >= 15 is 0 Å². The molecule has 1 saturated carbocycles. The monoisotopic (exact) mass is 654 g/mol. The highest BCUT2D eigenvalue weighted by molar-refractivity contribution is 7.89. The van der Waals surface area contributed by atoms with Gasteiger partial charge in [-0.3, -0.25) is 9.30 Å². The zero-order valence-corrected chi connectivity index (χ0v) is 27.0. The maximum absolute atomic E-state index is 14.1. The summed E-state index contributed by atoms with van der Waals surface area (Å²) in [4.78, 5) is 7.68. The molecule has 0 N–H and O–H groups in total. The van der Waals surface area contributed by atoms with Crippen LogP contribution in [0.1, 0.15) is 64.9 Å². The van der Waals surface area contributed by atoms with Crippen LogP contribution < -0.4 is 9.47 Å². The Hall–Kier alpha value is -3.39. The van der Waals surface area contributed by atoms with Crippen LogP contribution in [-0.2, 0) is 30.5 Å². The second-order valence-corrected chi connectivity index (χ2v) is 14.2. The van der Waals surface area contributed by atoms with Crippen molar-refractivity contribution in [3.63, 3.8) is 0 Å². The van der Waals surface area contributed by atoms with Gasteiger partial charge in [0.25, 0.3) is 5.88 Å². The predicted octanol–water partition coefficient (Wildman–Crippen LogP) is 5.58. The minimum absolute atomic E-state index is 0.189. The van der Waals surface area contributed by atoms with Crippen LogP contribution >= 0.6 is 0 Å². The van der Waals surface area contributed by atoms with Gasteiger partial charge in [0.2, 0.25) is 16.6 Å². The smallest absolute Gasteiger partial charge is 0.452 e. The molecule has 0 bridgehead atoms. The van der Waals surface area contributed by atoms with E-state index in [1.54, 1.807) is 13.0 Å². The maximum Gasteiger partial charge on any atom is 0.452 e. The first-order chi connectivity index (χ1) is 22.0. The van der Waals surface area contributed by atoms with Gasteiger partial charge in [-0.25, -0.2) is 0 Å². The summed E-state index contributed by atoms with van der Waals surface area (Å²) in [6.45, 7) is 10.3. The molecule has 2 fully saturated rings. The molecule has 4 aromatic rings. The van der Waals surface area contributed by atoms with Crippen LogP contribution in [0.25, 0.3) is 5.65 Å². The first-order valence-electron chi connectivity index (χ1n) is 15.7. The third-order valence-corrected chi connectivity index (χ3v) is 10.7. The van der Waals surface area contributed by atoms with Gasteiger partial charge in [0.05, 0.1) is 24.5 Å². The first-order valence-corrected chi connectivity index (χ1v) is 16.8. The normalized spacial score (nSPS) is 19.8. The number of hydrogen-bond acceptors (Lipinski definition) is 8. The second-order valence-electron chi connectivity index (χ2n) is 12.8. The fraction of sp³-hybridized carbons (Fsp3) is 0.485. The van der Waals surface area contributed by atoms with Crippen LogP contribution in [0.3, 0.4) is 0 Å². The molecule has 7 rings (SSSR count). The Labute approximate surface area is 269 Å². The van der Waals surface area contributed by atoms with Gasteiger partial charge in [-0.2, -0.15) is 18.2 Å². The van der Waals surface area contributed by atoms with E-state index in [9.17, 15) is 17.7 Å². The quantitative estimate of drug-likeness (QED) is 0.228. The van der Waals surface area contributed by atoms with Crippen molar-refractivity contribution in [1.82, 2.24) is 28.8 Å². The van der Waals surface area contributed by atoms with Crippen molar-refractivity contribution in [2.75, 3.05) is 32.8 Å². The van der Waals surface area contributed by atoms with Crippen LogP contribution in [0, 0.1) is 20.8 Å². The van der Waals surface area contributed by atoms with Crippen LogP contribution in [0.2, 0.25) is 0 Å². The Morgan fingerprint density at radius 2 is 1.80 bits per heavy atom. The topological polar surface area (TPSA) is 91.1 Å². The molecular formula is C33H37F3N6O3S. The zero-order chi connectivity index (χ0) is 32.2. The SMILES string of the molecule is Cc1ccc(Cc2ccn3c(C(F)(F)F)nnc3c2C)cc1CN1CC2(CC2)Oc2nc(OCCN3CCCC3)c(C)cc2[S+]1[O-]. The van der Waals surface area contributed by atoms with Gasteiger partial charge in [0.15, 0.2) is 5.65 Å². The van der Waals surface area contributed by atoms with E-state index in [-0.39, 0.29) is 5.65 Å². The number of ether oxygens (including phenoxy) is 2. The first kappa shape index (κ1) is 31.2. The van der Waals surface area contributed by atoms with E-state index in [2.05, 4.69) is 21.2 Å². The molecule has 13 heteroatoms. The Morgan fingerprint density at radius 1 is 1.02 bits per heavy atom. The van der Waals surface area contributed by atoms with E-state index in [0.717, 1.165) is 64.7 Å². The number of pyridine rings is 2. The zero-order valence-electron chi connectivity index (χ0n) is 26.2. The molecule has 244 valence electrons. The van der Waals surface area contributed by atoms with Crippen molar-refractivity contribution in [3.05, 3.63) is 75.7 Å². The van der Waals surface area contributed by atoms with E-state index in [1.165, 1.54) is 19.0 Å². The second kappa shape index (κ2) is 12.0. The highest BCUT2D eigenvalue weighted by Gasteiger charge is 2.53. The predicted molar refractivity (Wildman–Crippen MR) is 166 cm³/mol. The average Bonchev–Trinajstić information content (AvgIpc) is 3.37. The molecule has 3 aliphatic rings. The summed E-state index contributed by atoms with van der Waals surface area (Å²) in [6, 6.07) is 9.72. The molecule has 1 unspecified atom stereocenters. The van der Waals surface area contributed by atoms with Crippen molar-refractivity contribution in [3.8, 4) is 11.8 Å². The summed E-state index contributed by atoms with van der Waals surface area (Å²) in [5.41, 5.74) is 5.17. The van der Waals surface area contributed by atoms with Gasteiger partial charge >= 0.3 is 6.18 Å². The van der Waals surface area contributed by atoms with Crippen LogP contribution in [0.5, 0.6) is 11.8 Å². The molecule has 46 heavy (non-hydrogen) atoms. The third kappa shape index (κ3) is 6.17. The molecule has 1 aliphatic carbocycles. The molecule has 3 aromatic heterocycles. The van der Waals surface area contributed by atoms with E-state index in [4.69, 9.17) is 14.5 Å². The van der Waals surface area contributed by atoms with Gasteiger partial charge in [-0.15, -0.1) is 14.5 Å². The fourth-order valence-electron chi connectivity index (χ4n) is 6.37.